The number of hydrogen-bond acceptors (Lipinski definition) is 0. The van der Waals surface area contributed by atoms with Gasteiger partial charge in [0.2, 0.25) is 0 Å². The van der Waals surface area contributed by atoms with Crippen molar-refractivity contribution in [1.82, 2.24) is 0 Å². The fraction of sp³-hybridized carbons (Fsp3) is 0.673. The maximum absolute atomic E-state index is 3.87. The summed E-state index contributed by atoms with van der Waals surface area (Å²) in [7, 11) is 0. The van der Waals surface area contributed by atoms with Gasteiger partial charge in [-0.3, -0.25) is 0 Å². The van der Waals surface area contributed by atoms with Crippen molar-refractivity contribution in [2.24, 2.45) is 35.5 Å². The summed E-state index contributed by atoms with van der Waals surface area (Å²) in [6.07, 6.45) is 38.1. The summed E-state index contributed by atoms with van der Waals surface area (Å²) in [5.41, 5.74) is 6.09. The smallest absolute Gasteiger partial charge is 0.0162 e. The van der Waals surface area contributed by atoms with E-state index in [-0.39, 0.29) is 0 Å². The Kier molecular flexibility index (Phi) is 16.1. The molecule has 0 N–H and O–H groups in total. The third-order valence-electron chi connectivity index (χ3n) is 14.0. The summed E-state index contributed by atoms with van der Waals surface area (Å²) in [4.78, 5) is 0. The Morgan fingerprint density at radius 2 is 0.959 bits per heavy atom. The highest BCUT2D eigenvalue weighted by molar-refractivity contribution is 5.26. The molecule has 49 heavy (non-hydrogen) atoms. The van der Waals surface area contributed by atoms with Gasteiger partial charge < -0.3 is 0 Å². The highest BCUT2D eigenvalue weighted by atomic mass is 14.4. The van der Waals surface area contributed by atoms with Crippen LogP contribution in [0.25, 0.3) is 0 Å². The molecular weight excluding hydrogens is 589 g/mol. The molecule has 0 nitrogen and oxygen atoms in total. The summed E-state index contributed by atoms with van der Waals surface area (Å²) in [6.45, 7) is 10.5. The normalized spacial score (nSPS) is 30.8. The van der Waals surface area contributed by atoms with Crippen LogP contribution >= 0.6 is 0 Å². The monoisotopic (exact) mass is 663 g/mol. The molecule has 0 saturated heterocycles. The van der Waals surface area contributed by atoms with Gasteiger partial charge in [0.05, 0.1) is 0 Å². The predicted octanol–water partition coefficient (Wildman–Crippen LogP) is 15.1. The molecule has 2 aromatic rings. The Hall–Kier alpha value is -2.08. The van der Waals surface area contributed by atoms with E-state index >= 15 is 0 Å². The average Bonchev–Trinajstić information content (AvgIpc) is 3.16. The molecule has 270 valence electrons. The highest BCUT2D eigenvalue weighted by Gasteiger charge is 2.32. The van der Waals surface area contributed by atoms with Crippen LogP contribution in [0.15, 0.2) is 73.3 Å². The maximum Gasteiger partial charge on any atom is -0.0162 e. The van der Waals surface area contributed by atoms with E-state index in [4.69, 9.17) is 0 Å². The molecule has 4 saturated carbocycles. The Balaban J connectivity index is 0.000000192. The third-order valence-corrected chi connectivity index (χ3v) is 14.0. The zero-order chi connectivity index (χ0) is 34.3. The van der Waals surface area contributed by atoms with E-state index in [1.54, 1.807) is 11.1 Å². The first-order valence-corrected chi connectivity index (χ1v) is 21.4. The minimum Gasteiger partial charge on any atom is -0.103 e. The standard InChI is InChI=1S/C26H40.C23H34/c1-3-5-6-8-22-11-15-24(16-12-22)26-19-17-25(18-20-26)23-13-9-21(7-4-2)10-14-23;1-3-4-5-19-8-12-21(13-9-19)23-16-14-22(15-17-23)20-10-6-18(2)7-11-20/h3,5,9-10,13-14,22,24-26H,4,6-8,11-12,15-20H2,1-2H3;3,6-7,10-11,19,21-23H,1,4-5,8-9,12-17H2,2H3/b5-3+;. The molecule has 0 aliphatic heterocycles. The number of aryl methyl sites for hydroxylation is 2. The molecule has 0 radical (unpaired) electrons. The van der Waals surface area contributed by atoms with Gasteiger partial charge in [0.25, 0.3) is 0 Å². The largest absolute Gasteiger partial charge is 0.103 e. The van der Waals surface area contributed by atoms with E-state index in [1.807, 2.05) is 0 Å². The quantitative estimate of drug-likeness (QED) is 0.198. The molecule has 0 unspecified atom stereocenters. The van der Waals surface area contributed by atoms with Gasteiger partial charge in [-0.25, -0.2) is 0 Å². The molecule has 4 aliphatic carbocycles. The summed E-state index contributed by atoms with van der Waals surface area (Å²) in [5.74, 6) is 7.80. The second-order valence-corrected chi connectivity index (χ2v) is 17.2. The highest BCUT2D eigenvalue weighted by Crippen LogP contribution is 2.46. The third kappa shape index (κ3) is 12.0. The number of benzene rings is 2. The minimum atomic E-state index is 0.829. The van der Waals surface area contributed by atoms with E-state index in [9.17, 15) is 0 Å². The van der Waals surface area contributed by atoms with Crippen molar-refractivity contribution >= 4 is 0 Å². The van der Waals surface area contributed by atoms with Crippen molar-refractivity contribution in [3.8, 4) is 0 Å². The van der Waals surface area contributed by atoms with E-state index in [2.05, 4.69) is 94.1 Å². The first-order valence-electron chi connectivity index (χ1n) is 21.4. The Bertz CT molecular complexity index is 1180. The van der Waals surface area contributed by atoms with Crippen LogP contribution in [0.5, 0.6) is 0 Å². The van der Waals surface area contributed by atoms with Gasteiger partial charge in [-0.2, -0.15) is 0 Å². The van der Waals surface area contributed by atoms with Gasteiger partial charge in [0, 0.05) is 0 Å². The Morgan fingerprint density at radius 1 is 0.551 bits per heavy atom. The molecule has 4 fully saturated rings. The van der Waals surface area contributed by atoms with E-state index in [0.717, 1.165) is 47.3 Å². The van der Waals surface area contributed by atoms with Gasteiger partial charge in [0.1, 0.15) is 0 Å². The lowest BCUT2D eigenvalue weighted by atomic mass is 9.68. The first-order chi connectivity index (χ1) is 24.1. The summed E-state index contributed by atoms with van der Waals surface area (Å²) in [5, 5.41) is 0. The van der Waals surface area contributed by atoms with Crippen molar-refractivity contribution in [1.29, 1.82) is 0 Å². The van der Waals surface area contributed by atoms with Crippen LogP contribution in [0, 0.1) is 42.4 Å². The van der Waals surface area contributed by atoms with Crippen LogP contribution in [0.2, 0.25) is 0 Å². The zero-order valence-electron chi connectivity index (χ0n) is 32.2. The molecular formula is C49H74. The molecule has 2 aromatic carbocycles. The second-order valence-electron chi connectivity index (χ2n) is 17.2. The molecule has 4 aliphatic rings. The lowest BCUT2D eigenvalue weighted by Gasteiger charge is -2.38. The van der Waals surface area contributed by atoms with E-state index < -0.39 is 0 Å². The Labute approximate surface area is 304 Å². The van der Waals surface area contributed by atoms with Crippen LogP contribution in [-0.2, 0) is 6.42 Å². The first kappa shape index (κ1) is 38.2. The predicted molar refractivity (Wildman–Crippen MR) is 215 cm³/mol. The molecule has 0 heterocycles. The summed E-state index contributed by atoms with van der Waals surface area (Å²) < 4.78 is 0. The van der Waals surface area contributed by atoms with Crippen LogP contribution in [0.3, 0.4) is 0 Å². The van der Waals surface area contributed by atoms with Crippen molar-refractivity contribution in [3.05, 3.63) is 95.6 Å². The molecule has 0 spiro atoms. The van der Waals surface area contributed by atoms with Crippen molar-refractivity contribution < 1.29 is 0 Å². The van der Waals surface area contributed by atoms with E-state index in [1.165, 1.54) is 152 Å². The number of hydrogen-bond donors (Lipinski definition) is 0. The molecule has 6 rings (SSSR count). The van der Waals surface area contributed by atoms with Crippen LogP contribution < -0.4 is 0 Å². The van der Waals surface area contributed by atoms with Crippen molar-refractivity contribution in [2.75, 3.05) is 0 Å². The van der Waals surface area contributed by atoms with Crippen LogP contribution in [0.1, 0.15) is 183 Å². The number of allylic oxidation sites excluding steroid dienone is 3. The van der Waals surface area contributed by atoms with Gasteiger partial charge in [-0.05, 0) is 187 Å². The molecule has 0 amide bonds. The minimum absolute atomic E-state index is 0.829. The van der Waals surface area contributed by atoms with Crippen molar-refractivity contribution in [3.63, 3.8) is 0 Å². The van der Waals surface area contributed by atoms with Gasteiger partial charge >= 0.3 is 0 Å². The van der Waals surface area contributed by atoms with Crippen molar-refractivity contribution in [2.45, 2.75) is 174 Å². The lowest BCUT2D eigenvalue weighted by Crippen LogP contribution is -2.25. The second kappa shape index (κ2) is 20.7. The maximum atomic E-state index is 3.87. The molecule has 0 atom stereocenters. The summed E-state index contributed by atoms with van der Waals surface area (Å²) in [6, 6.07) is 18.9. The molecule has 0 bridgehead atoms. The number of rotatable bonds is 12. The average molecular weight is 663 g/mol. The zero-order valence-corrected chi connectivity index (χ0v) is 32.2. The Morgan fingerprint density at radius 3 is 1.37 bits per heavy atom. The van der Waals surface area contributed by atoms with E-state index in [0.29, 0.717) is 0 Å². The topological polar surface area (TPSA) is 0 Å². The van der Waals surface area contributed by atoms with Gasteiger partial charge in [-0.15, -0.1) is 6.58 Å². The lowest BCUT2D eigenvalue weighted by molar-refractivity contribution is 0.157. The SMILES string of the molecule is C/C=C/CCC1CCC(C2CCC(c3ccc(CCC)cc3)CC2)CC1.C=CCCC1CCC(C2CCC(c3ccc(C)cc3)CC2)CC1. The van der Waals surface area contributed by atoms with Crippen LogP contribution in [0.4, 0.5) is 0 Å². The van der Waals surface area contributed by atoms with Gasteiger partial charge in [0.15, 0.2) is 0 Å². The fourth-order valence-corrected chi connectivity index (χ4v) is 10.7. The summed E-state index contributed by atoms with van der Waals surface area (Å²) >= 11 is 0. The molecule has 0 aromatic heterocycles. The van der Waals surface area contributed by atoms with Gasteiger partial charge in [-0.1, -0.05) is 111 Å². The fourth-order valence-electron chi connectivity index (χ4n) is 10.7. The van der Waals surface area contributed by atoms with Crippen LogP contribution in [-0.4, -0.2) is 0 Å². The molecule has 0 heteroatoms.